The largest absolute Gasteiger partial charge is 0.490 e. The van der Waals surface area contributed by atoms with Gasteiger partial charge in [0.05, 0.1) is 24.5 Å². The third-order valence-corrected chi connectivity index (χ3v) is 3.55. The zero-order valence-electron chi connectivity index (χ0n) is 11.5. The van der Waals surface area contributed by atoms with Crippen molar-refractivity contribution >= 4 is 5.69 Å². The molecule has 20 heavy (non-hydrogen) atoms. The van der Waals surface area contributed by atoms with Crippen LogP contribution in [-0.4, -0.2) is 16.1 Å². The van der Waals surface area contributed by atoms with Gasteiger partial charge in [-0.1, -0.05) is 0 Å². The zero-order chi connectivity index (χ0) is 13.6. The van der Waals surface area contributed by atoms with Gasteiger partial charge in [-0.15, -0.1) is 0 Å². The number of hydrogen-bond acceptors (Lipinski definition) is 4. The summed E-state index contributed by atoms with van der Waals surface area (Å²) in [5, 5.41) is 3.32. The Morgan fingerprint density at radius 2 is 1.90 bits per heavy atom. The average molecular weight is 269 g/mol. The van der Waals surface area contributed by atoms with Crippen molar-refractivity contribution in [1.82, 2.24) is 9.97 Å². The molecule has 1 N–H and O–H groups in total. The first-order valence-electron chi connectivity index (χ1n) is 7.16. The summed E-state index contributed by atoms with van der Waals surface area (Å²) in [7, 11) is 0. The zero-order valence-corrected chi connectivity index (χ0v) is 11.5. The Balaban J connectivity index is 1.53. The molecule has 3 rings (SSSR count). The lowest BCUT2D eigenvalue weighted by atomic mass is 10.2. The van der Waals surface area contributed by atoms with Gasteiger partial charge in [-0.3, -0.25) is 9.97 Å². The summed E-state index contributed by atoms with van der Waals surface area (Å²) in [6.45, 7) is 0.677. The lowest BCUT2D eigenvalue weighted by molar-refractivity contribution is 0.210. The van der Waals surface area contributed by atoms with Crippen LogP contribution in [0.4, 0.5) is 5.69 Å². The van der Waals surface area contributed by atoms with Crippen LogP contribution in [0.15, 0.2) is 42.9 Å². The van der Waals surface area contributed by atoms with Crippen molar-refractivity contribution in [2.75, 3.05) is 5.32 Å². The van der Waals surface area contributed by atoms with Crippen LogP contribution in [-0.2, 0) is 6.54 Å². The summed E-state index contributed by atoms with van der Waals surface area (Å²) in [5.41, 5.74) is 1.99. The van der Waals surface area contributed by atoms with E-state index in [-0.39, 0.29) is 0 Å². The van der Waals surface area contributed by atoms with E-state index in [2.05, 4.69) is 15.3 Å². The maximum absolute atomic E-state index is 5.94. The Labute approximate surface area is 119 Å². The van der Waals surface area contributed by atoms with Crippen molar-refractivity contribution in [1.29, 1.82) is 0 Å². The van der Waals surface area contributed by atoms with E-state index >= 15 is 0 Å². The van der Waals surface area contributed by atoms with Crippen LogP contribution in [0, 0.1) is 0 Å². The third-order valence-electron chi connectivity index (χ3n) is 3.55. The molecule has 0 amide bonds. The molecular weight excluding hydrogens is 250 g/mol. The number of nitrogens with zero attached hydrogens (tertiary/aromatic N) is 2. The predicted molar refractivity (Wildman–Crippen MR) is 78.7 cm³/mol. The van der Waals surface area contributed by atoms with Gasteiger partial charge in [0.1, 0.15) is 5.75 Å². The van der Waals surface area contributed by atoms with Gasteiger partial charge in [0.15, 0.2) is 0 Å². The standard InChI is InChI=1S/C16H19N3O/c1-2-4-15(3-1)20-16-7-5-13(6-8-16)19-12-14-11-17-9-10-18-14/h5-11,15,19H,1-4,12H2. The molecule has 4 nitrogen and oxygen atoms in total. The molecule has 0 spiro atoms. The monoisotopic (exact) mass is 269 g/mol. The highest BCUT2D eigenvalue weighted by atomic mass is 16.5. The molecule has 0 unspecified atom stereocenters. The smallest absolute Gasteiger partial charge is 0.119 e. The Hall–Kier alpha value is -2.10. The van der Waals surface area contributed by atoms with Gasteiger partial charge in [-0.25, -0.2) is 0 Å². The van der Waals surface area contributed by atoms with Crippen LogP contribution in [0.25, 0.3) is 0 Å². The predicted octanol–water partition coefficient (Wildman–Crippen LogP) is 3.41. The fraction of sp³-hybridized carbons (Fsp3) is 0.375. The van der Waals surface area contributed by atoms with E-state index in [0.717, 1.165) is 17.1 Å². The fourth-order valence-corrected chi connectivity index (χ4v) is 2.46. The summed E-state index contributed by atoms with van der Waals surface area (Å²) in [6.07, 6.45) is 10.5. The third kappa shape index (κ3) is 3.47. The molecule has 0 bridgehead atoms. The summed E-state index contributed by atoms with van der Waals surface area (Å²) < 4.78 is 5.94. The number of benzene rings is 1. The molecule has 1 saturated carbocycles. The number of anilines is 1. The fourth-order valence-electron chi connectivity index (χ4n) is 2.46. The van der Waals surface area contributed by atoms with Crippen LogP contribution in [0.3, 0.4) is 0 Å². The maximum Gasteiger partial charge on any atom is 0.119 e. The number of aromatic nitrogens is 2. The molecule has 104 valence electrons. The van der Waals surface area contributed by atoms with Crippen molar-refractivity contribution in [3.63, 3.8) is 0 Å². The molecule has 1 aliphatic carbocycles. The lowest BCUT2D eigenvalue weighted by Crippen LogP contribution is -2.10. The SMILES string of the molecule is c1cnc(CNc2ccc(OC3CCCC3)cc2)cn1. The molecule has 0 radical (unpaired) electrons. The molecule has 1 fully saturated rings. The molecule has 1 aliphatic rings. The number of rotatable bonds is 5. The number of ether oxygens (including phenoxy) is 1. The van der Waals surface area contributed by atoms with Crippen LogP contribution in [0.2, 0.25) is 0 Å². The molecule has 1 aromatic carbocycles. The van der Waals surface area contributed by atoms with Crippen LogP contribution in [0.5, 0.6) is 5.75 Å². The van der Waals surface area contributed by atoms with E-state index in [1.807, 2.05) is 24.3 Å². The molecule has 2 aromatic rings. The summed E-state index contributed by atoms with van der Waals surface area (Å²) in [6, 6.07) is 8.13. The van der Waals surface area contributed by atoms with Crippen LogP contribution >= 0.6 is 0 Å². The van der Waals surface area contributed by atoms with Crippen LogP contribution in [0.1, 0.15) is 31.4 Å². The van der Waals surface area contributed by atoms with Gasteiger partial charge in [0, 0.05) is 18.1 Å². The molecular formula is C16H19N3O. The normalized spacial score (nSPS) is 15.2. The van der Waals surface area contributed by atoms with Crippen molar-refractivity contribution in [2.24, 2.45) is 0 Å². The molecule has 0 saturated heterocycles. The first-order valence-corrected chi connectivity index (χ1v) is 7.16. The molecule has 0 aliphatic heterocycles. The first kappa shape index (κ1) is 12.9. The lowest BCUT2D eigenvalue weighted by Gasteiger charge is -2.13. The minimum atomic E-state index is 0.411. The second-order valence-electron chi connectivity index (χ2n) is 5.10. The minimum Gasteiger partial charge on any atom is -0.490 e. The first-order chi connectivity index (χ1) is 9.90. The van der Waals surface area contributed by atoms with Gasteiger partial charge in [0.2, 0.25) is 0 Å². The van der Waals surface area contributed by atoms with E-state index in [4.69, 9.17) is 4.74 Å². The Morgan fingerprint density at radius 1 is 1.10 bits per heavy atom. The summed E-state index contributed by atoms with van der Waals surface area (Å²) >= 11 is 0. The van der Waals surface area contributed by atoms with Crippen molar-refractivity contribution < 1.29 is 4.74 Å². The van der Waals surface area contributed by atoms with Gasteiger partial charge >= 0.3 is 0 Å². The van der Waals surface area contributed by atoms with Crippen molar-refractivity contribution in [3.05, 3.63) is 48.5 Å². The van der Waals surface area contributed by atoms with E-state index < -0.39 is 0 Å². The molecule has 1 heterocycles. The van der Waals surface area contributed by atoms with Gasteiger partial charge < -0.3 is 10.1 Å². The Kier molecular flexibility index (Phi) is 4.11. The second kappa shape index (κ2) is 6.37. The van der Waals surface area contributed by atoms with Crippen LogP contribution < -0.4 is 10.1 Å². The highest BCUT2D eigenvalue weighted by Gasteiger charge is 2.16. The summed E-state index contributed by atoms with van der Waals surface area (Å²) in [4.78, 5) is 8.28. The average Bonchev–Trinajstić information content (AvgIpc) is 3.01. The molecule has 0 atom stereocenters. The molecule has 4 heteroatoms. The van der Waals surface area contributed by atoms with E-state index in [1.165, 1.54) is 25.7 Å². The molecule has 1 aromatic heterocycles. The maximum atomic E-state index is 5.94. The van der Waals surface area contributed by atoms with Gasteiger partial charge in [-0.2, -0.15) is 0 Å². The Bertz CT molecular complexity index is 521. The van der Waals surface area contributed by atoms with Gasteiger partial charge in [-0.05, 0) is 49.9 Å². The Morgan fingerprint density at radius 3 is 2.60 bits per heavy atom. The van der Waals surface area contributed by atoms with Crippen molar-refractivity contribution in [2.45, 2.75) is 38.3 Å². The highest BCUT2D eigenvalue weighted by Crippen LogP contribution is 2.25. The number of hydrogen-bond donors (Lipinski definition) is 1. The quantitative estimate of drug-likeness (QED) is 0.903. The minimum absolute atomic E-state index is 0.411. The topological polar surface area (TPSA) is 47.0 Å². The van der Waals surface area contributed by atoms with Gasteiger partial charge in [0.25, 0.3) is 0 Å². The highest BCUT2D eigenvalue weighted by molar-refractivity contribution is 5.46. The van der Waals surface area contributed by atoms with E-state index in [1.54, 1.807) is 18.6 Å². The second-order valence-corrected chi connectivity index (χ2v) is 5.10. The van der Waals surface area contributed by atoms with E-state index in [0.29, 0.717) is 12.6 Å². The van der Waals surface area contributed by atoms with E-state index in [9.17, 15) is 0 Å². The summed E-state index contributed by atoms with van der Waals surface area (Å²) in [5.74, 6) is 0.960. The van der Waals surface area contributed by atoms with Crippen molar-refractivity contribution in [3.8, 4) is 5.75 Å². The number of nitrogens with one attached hydrogen (secondary N) is 1.